The zero-order chi connectivity index (χ0) is 14.8. The Labute approximate surface area is 116 Å². The summed E-state index contributed by atoms with van der Waals surface area (Å²) in [5.74, 6) is -0.402. The van der Waals surface area contributed by atoms with E-state index >= 15 is 0 Å². The fourth-order valence-electron chi connectivity index (χ4n) is 1.69. The van der Waals surface area contributed by atoms with Crippen LogP contribution in [0, 0.1) is 5.82 Å². The molecule has 8 heteroatoms. The van der Waals surface area contributed by atoms with Crippen LogP contribution in [0.4, 0.5) is 10.1 Å². The number of aryl methyl sites for hydroxylation is 1. The van der Waals surface area contributed by atoms with Crippen LogP contribution in [0.15, 0.2) is 24.7 Å². The Kier molecular flexibility index (Phi) is 4.03. The van der Waals surface area contributed by atoms with Crippen molar-refractivity contribution in [2.45, 2.75) is 13.5 Å². The Morgan fingerprint density at radius 1 is 1.40 bits per heavy atom. The molecule has 0 aromatic carbocycles. The van der Waals surface area contributed by atoms with Gasteiger partial charge in [0.25, 0.3) is 0 Å². The standard InChI is InChI=1S/C12H15FN4O2S/c1-2-20(18,19)4-3-17-8-11(14)12(16-17)9-5-10(13)7-15-6-9/h5-8H,2-4,14H2,1H3. The van der Waals surface area contributed by atoms with E-state index in [-0.39, 0.29) is 18.1 Å². The number of nitrogen functional groups attached to an aromatic ring is 1. The third-order valence-corrected chi connectivity index (χ3v) is 4.52. The molecule has 2 aromatic rings. The van der Waals surface area contributed by atoms with Gasteiger partial charge < -0.3 is 5.73 Å². The number of rotatable bonds is 5. The van der Waals surface area contributed by atoms with Gasteiger partial charge in [-0.1, -0.05) is 6.92 Å². The predicted molar refractivity (Wildman–Crippen MR) is 74.2 cm³/mol. The van der Waals surface area contributed by atoms with Gasteiger partial charge >= 0.3 is 0 Å². The molecule has 0 unspecified atom stereocenters. The highest BCUT2D eigenvalue weighted by Gasteiger charge is 2.12. The van der Waals surface area contributed by atoms with Crippen LogP contribution in [0.1, 0.15) is 6.92 Å². The van der Waals surface area contributed by atoms with E-state index in [1.807, 2.05) is 0 Å². The van der Waals surface area contributed by atoms with Crippen LogP contribution in [0.5, 0.6) is 0 Å². The second kappa shape index (κ2) is 5.58. The Hall–Kier alpha value is -1.96. The Bertz CT molecular complexity index is 712. The van der Waals surface area contributed by atoms with E-state index < -0.39 is 15.7 Å². The molecule has 0 aliphatic heterocycles. The zero-order valence-corrected chi connectivity index (χ0v) is 11.8. The number of sulfone groups is 1. The molecule has 0 atom stereocenters. The van der Waals surface area contributed by atoms with Crippen molar-refractivity contribution < 1.29 is 12.8 Å². The summed E-state index contributed by atoms with van der Waals surface area (Å²) in [6.45, 7) is 1.81. The zero-order valence-electron chi connectivity index (χ0n) is 11.0. The van der Waals surface area contributed by atoms with E-state index in [0.717, 1.165) is 6.20 Å². The van der Waals surface area contributed by atoms with Crippen molar-refractivity contribution in [2.24, 2.45) is 0 Å². The summed E-state index contributed by atoms with van der Waals surface area (Å²) in [5.41, 5.74) is 7.02. The number of halogens is 1. The first-order valence-corrected chi connectivity index (χ1v) is 7.87. The highest BCUT2D eigenvalue weighted by Crippen LogP contribution is 2.23. The lowest BCUT2D eigenvalue weighted by molar-refractivity contribution is 0.582. The minimum Gasteiger partial charge on any atom is -0.396 e. The molecule has 0 saturated carbocycles. The first kappa shape index (κ1) is 14.4. The van der Waals surface area contributed by atoms with Crippen molar-refractivity contribution in [3.8, 4) is 11.3 Å². The number of hydrogen-bond acceptors (Lipinski definition) is 5. The van der Waals surface area contributed by atoms with Crippen LogP contribution in [-0.2, 0) is 16.4 Å². The van der Waals surface area contributed by atoms with Crippen LogP contribution in [0.25, 0.3) is 11.3 Å². The number of pyridine rings is 1. The molecule has 2 rings (SSSR count). The van der Waals surface area contributed by atoms with Crippen LogP contribution < -0.4 is 5.73 Å². The molecule has 0 bridgehead atoms. The summed E-state index contributed by atoms with van der Waals surface area (Å²) in [5, 5.41) is 4.18. The molecule has 2 N–H and O–H groups in total. The molecule has 20 heavy (non-hydrogen) atoms. The number of anilines is 1. The van der Waals surface area contributed by atoms with Gasteiger partial charge in [0.2, 0.25) is 0 Å². The van der Waals surface area contributed by atoms with Gasteiger partial charge in [0.05, 0.1) is 24.2 Å². The first-order chi connectivity index (χ1) is 9.41. The van der Waals surface area contributed by atoms with Crippen molar-refractivity contribution in [2.75, 3.05) is 17.2 Å². The normalized spacial score (nSPS) is 11.7. The minimum atomic E-state index is -3.07. The van der Waals surface area contributed by atoms with Crippen molar-refractivity contribution in [1.29, 1.82) is 0 Å². The largest absolute Gasteiger partial charge is 0.396 e. The highest BCUT2D eigenvalue weighted by molar-refractivity contribution is 7.91. The minimum absolute atomic E-state index is 0.00847. The van der Waals surface area contributed by atoms with Gasteiger partial charge in [0, 0.05) is 23.7 Å². The molecule has 0 radical (unpaired) electrons. The molecule has 0 fully saturated rings. The predicted octanol–water partition coefficient (Wildman–Crippen LogP) is 1.10. The third-order valence-electron chi connectivity index (χ3n) is 2.84. The Morgan fingerprint density at radius 3 is 2.80 bits per heavy atom. The third kappa shape index (κ3) is 3.32. The van der Waals surface area contributed by atoms with E-state index in [1.165, 1.54) is 23.1 Å². The van der Waals surface area contributed by atoms with Crippen molar-refractivity contribution >= 4 is 15.5 Å². The summed E-state index contributed by atoms with van der Waals surface area (Å²) in [6.07, 6.45) is 4.07. The lowest BCUT2D eigenvalue weighted by Crippen LogP contribution is -2.14. The van der Waals surface area contributed by atoms with Gasteiger partial charge in [-0.2, -0.15) is 5.10 Å². The first-order valence-electron chi connectivity index (χ1n) is 6.05. The van der Waals surface area contributed by atoms with E-state index in [0.29, 0.717) is 16.9 Å². The van der Waals surface area contributed by atoms with Gasteiger partial charge in [0.15, 0.2) is 9.84 Å². The second-order valence-electron chi connectivity index (χ2n) is 4.32. The van der Waals surface area contributed by atoms with Crippen LogP contribution in [0.2, 0.25) is 0 Å². The maximum absolute atomic E-state index is 13.1. The van der Waals surface area contributed by atoms with Crippen LogP contribution in [-0.4, -0.2) is 34.7 Å². The molecule has 0 aliphatic rings. The maximum Gasteiger partial charge on any atom is 0.151 e. The summed E-state index contributed by atoms with van der Waals surface area (Å²) in [4.78, 5) is 3.73. The van der Waals surface area contributed by atoms with Gasteiger partial charge in [-0.25, -0.2) is 12.8 Å². The Morgan fingerprint density at radius 2 is 2.15 bits per heavy atom. The smallest absolute Gasteiger partial charge is 0.151 e. The van der Waals surface area contributed by atoms with E-state index in [2.05, 4.69) is 10.1 Å². The van der Waals surface area contributed by atoms with Crippen molar-refractivity contribution in [1.82, 2.24) is 14.8 Å². The molecule has 6 nitrogen and oxygen atoms in total. The molecule has 108 valence electrons. The van der Waals surface area contributed by atoms with Gasteiger partial charge in [-0.3, -0.25) is 9.67 Å². The average molecular weight is 298 g/mol. The summed E-state index contributed by atoms with van der Waals surface area (Å²) in [7, 11) is -3.07. The SMILES string of the molecule is CCS(=O)(=O)CCn1cc(N)c(-c2cncc(F)c2)n1. The second-order valence-corrected chi connectivity index (χ2v) is 6.80. The lowest BCUT2D eigenvalue weighted by atomic mass is 10.2. The molecular weight excluding hydrogens is 283 g/mol. The number of nitrogens with two attached hydrogens (primary N) is 1. The molecular formula is C12H15FN4O2S. The van der Waals surface area contributed by atoms with E-state index in [9.17, 15) is 12.8 Å². The maximum atomic E-state index is 13.1. The summed E-state index contributed by atoms with van der Waals surface area (Å²) < 4.78 is 37.5. The number of hydrogen-bond donors (Lipinski definition) is 1. The molecule has 0 aliphatic carbocycles. The highest BCUT2D eigenvalue weighted by atomic mass is 32.2. The van der Waals surface area contributed by atoms with Gasteiger partial charge in [-0.15, -0.1) is 0 Å². The summed E-state index contributed by atoms with van der Waals surface area (Å²) >= 11 is 0. The fourth-order valence-corrected chi connectivity index (χ4v) is 2.45. The monoisotopic (exact) mass is 298 g/mol. The molecule has 2 aromatic heterocycles. The number of nitrogens with zero attached hydrogens (tertiary/aromatic N) is 3. The van der Waals surface area contributed by atoms with E-state index in [1.54, 1.807) is 6.92 Å². The number of aromatic nitrogens is 3. The topological polar surface area (TPSA) is 90.9 Å². The van der Waals surface area contributed by atoms with Gasteiger partial charge in [0.1, 0.15) is 11.5 Å². The van der Waals surface area contributed by atoms with Crippen molar-refractivity contribution in [3.63, 3.8) is 0 Å². The Balaban J connectivity index is 2.22. The molecule has 2 heterocycles. The van der Waals surface area contributed by atoms with Crippen LogP contribution in [0.3, 0.4) is 0 Å². The molecule has 0 amide bonds. The van der Waals surface area contributed by atoms with Crippen molar-refractivity contribution in [3.05, 3.63) is 30.5 Å². The molecule has 0 saturated heterocycles. The average Bonchev–Trinajstić information content (AvgIpc) is 2.78. The summed E-state index contributed by atoms with van der Waals surface area (Å²) in [6, 6.07) is 1.28. The fraction of sp³-hybridized carbons (Fsp3) is 0.333. The quantitative estimate of drug-likeness (QED) is 0.892. The molecule has 0 spiro atoms. The van der Waals surface area contributed by atoms with Crippen LogP contribution >= 0.6 is 0 Å². The van der Waals surface area contributed by atoms with E-state index in [4.69, 9.17) is 5.73 Å². The lowest BCUT2D eigenvalue weighted by Gasteiger charge is -2.01. The van der Waals surface area contributed by atoms with Gasteiger partial charge in [-0.05, 0) is 6.07 Å².